The van der Waals surface area contributed by atoms with E-state index in [1.807, 2.05) is 19.1 Å². The van der Waals surface area contributed by atoms with Gasteiger partial charge in [0.1, 0.15) is 0 Å². The maximum Gasteiger partial charge on any atom is 0.228 e. The SMILES string of the molecule is Cc1ccc(CCN2CC(C(=O)N(Cc3ccc(Cl)cc3)C3CCS(=O)(=O)C3)CC2=O)cc1. The summed E-state index contributed by atoms with van der Waals surface area (Å²) in [6, 6.07) is 15.1. The Balaban J connectivity index is 1.45. The molecule has 0 aromatic heterocycles. The van der Waals surface area contributed by atoms with Crippen LogP contribution in [0.2, 0.25) is 5.02 Å². The van der Waals surface area contributed by atoms with Crippen molar-refractivity contribution in [3.8, 4) is 0 Å². The number of halogens is 1. The number of amides is 2. The highest BCUT2D eigenvalue weighted by molar-refractivity contribution is 7.91. The molecule has 2 aliphatic rings. The van der Waals surface area contributed by atoms with E-state index in [9.17, 15) is 18.0 Å². The van der Waals surface area contributed by atoms with Crippen LogP contribution in [0.25, 0.3) is 0 Å². The fourth-order valence-electron chi connectivity index (χ4n) is 4.60. The van der Waals surface area contributed by atoms with Gasteiger partial charge in [-0.25, -0.2) is 8.42 Å². The lowest BCUT2D eigenvalue weighted by molar-refractivity contribution is -0.138. The van der Waals surface area contributed by atoms with Gasteiger partial charge in [0, 0.05) is 37.1 Å². The Morgan fingerprint density at radius 3 is 2.39 bits per heavy atom. The molecule has 0 saturated carbocycles. The molecular formula is C25H29ClN2O4S. The van der Waals surface area contributed by atoms with Crippen LogP contribution in [0, 0.1) is 12.8 Å². The summed E-state index contributed by atoms with van der Waals surface area (Å²) < 4.78 is 24.2. The molecule has 2 aromatic rings. The van der Waals surface area contributed by atoms with Crippen LogP contribution in [0.5, 0.6) is 0 Å². The van der Waals surface area contributed by atoms with Crippen LogP contribution in [0.4, 0.5) is 0 Å². The highest BCUT2D eigenvalue weighted by atomic mass is 35.5. The smallest absolute Gasteiger partial charge is 0.228 e. The first kappa shape index (κ1) is 23.8. The zero-order chi connectivity index (χ0) is 23.6. The average molecular weight is 489 g/mol. The lowest BCUT2D eigenvalue weighted by Gasteiger charge is -2.31. The van der Waals surface area contributed by atoms with Crippen molar-refractivity contribution in [1.82, 2.24) is 9.80 Å². The van der Waals surface area contributed by atoms with E-state index in [1.54, 1.807) is 21.9 Å². The lowest BCUT2D eigenvalue weighted by Crippen LogP contribution is -2.44. The van der Waals surface area contributed by atoms with E-state index in [4.69, 9.17) is 11.6 Å². The fraction of sp³-hybridized carbons (Fsp3) is 0.440. The molecule has 2 aliphatic heterocycles. The molecule has 0 aliphatic carbocycles. The fourth-order valence-corrected chi connectivity index (χ4v) is 6.46. The first-order valence-electron chi connectivity index (χ1n) is 11.3. The predicted octanol–water partition coefficient (Wildman–Crippen LogP) is 3.26. The number of benzene rings is 2. The molecular weight excluding hydrogens is 460 g/mol. The van der Waals surface area contributed by atoms with Gasteiger partial charge < -0.3 is 9.80 Å². The summed E-state index contributed by atoms with van der Waals surface area (Å²) >= 11 is 5.99. The van der Waals surface area contributed by atoms with E-state index in [2.05, 4.69) is 24.3 Å². The summed E-state index contributed by atoms with van der Waals surface area (Å²) in [5.74, 6) is -0.548. The van der Waals surface area contributed by atoms with Gasteiger partial charge in [-0.15, -0.1) is 0 Å². The Morgan fingerprint density at radius 2 is 1.76 bits per heavy atom. The second-order valence-corrected chi connectivity index (χ2v) is 11.8. The minimum absolute atomic E-state index is 0.0223. The van der Waals surface area contributed by atoms with Crippen LogP contribution in [0.15, 0.2) is 48.5 Å². The summed E-state index contributed by atoms with van der Waals surface area (Å²) in [6.45, 7) is 3.29. The summed E-state index contributed by atoms with van der Waals surface area (Å²) in [4.78, 5) is 29.6. The normalized spacial score (nSPS) is 22.0. The van der Waals surface area contributed by atoms with E-state index in [1.165, 1.54) is 5.56 Å². The number of nitrogens with zero attached hydrogens (tertiary/aromatic N) is 2. The van der Waals surface area contributed by atoms with Crippen molar-refractivity contribution in [3.63, 3.8) is 0 Å². The lowest BCUT2D eigenvalue weighted by atomic mass is 10.0. The van der Waals surface area contributed by atoms with Gasteiger partial charge in [0.25, 0.3) is 0 Å². The van der Waals surface area contributed by atoms with Crippen molar-refractivity contribution in [1.29, 1.82) is 0 Å². The van der Waals surface area contributed by atoms with Crippen LogP contribution in [0.3, 0.4) is 0 Å². The van der Waals surface area contributed by atoms with Gasteiger partial charge in [-0.1, -0.05) is 53.6 Å². The minimum atomic E-state index is -3.15. The molecule has 2 fully saturated rings. The van der Waals surface area contributed by atoms with Crippen molar-refractivity contribution >= 4 is 33.3 Å². The van der Waals surface area contributed by atoms with E-state index in [0.717, 1.165) is 17.5 Å². The van der Waals surface area contributed by atoms with Gasteiger partial charge in [0.05, 0.1) is 17.4 Å². The Labute approximate surface area is 200 Å². The summed E-state index contributed by atoms with van der Waals surface area (Å²) in [5.41, 5.74) is 3.23. The van der Waals surface area contributed by atoms with Gasteiger partial charge in [-0.2, -0.15) is 0 Å². The highest BCUT2D eigenvalue weighted by Crippen LogP contribution is 2.27. The Kier molecular flexibility index (Phi) is 7.10. The molecule has 6 nitrogen and oxygen atoms in total. The standard InChI is InChI=1S/C25H29ClN2O4S/c1-18-2-4-19(5-3-18)10-12-27-16-21(14-24(27)29)25(30)28(23-11-13-33(31,32)17-23)15-20-6-8-22(26)9-7-20/h2-9,21,23H,10-17H2,1H3. The molecule has 0 radical (unpaired) electrons. The molecule has 2 unspecified atom stereocenters. The van der Waals surface area contributed by atoms with Crippen molar-refractivity contribution < 1.29 is 18.0 Å². The number of sulfone groups is 1. The van der Waals surface area contributed by atoms with Crippen molar-refractivity contribution in [3.05, 3.63) is 70.2 Å². The van der Waals surface area contributed by atoms with Gasteiger partial charge in [-0.05, 0) is 43.0 Å². The number of carbonyl (C=O) groups excluding carboxylic acids is 2. The Morgan fingerprint density at radius 1 is 1.09 bits per heavy atom. The molecule has 8 heteroatoms. The number of carbonyl (C=O) groups is 2. The summed E-state index contributed by atoms with van der Waals surface area (Å²) in [7, 11) is -3.15. The van der Waals surface area contributed by atoms with Crippen LogP contribution in [-0.2, 0) is 32.4 Å². The summed E-state index contributed by atoms with van der Waals surface area (Å²) in [5, 5.41) is 0.602. The Bertz CT molecular complexity index is 1120. The summed E-state index contributed by atoms with van der Waals surface area (Å²) in [6.07, 6.45) is 1.34. The molecule has 2 saturated heterocycles. The van der Waals surface area contributed by atoms with Gasteiger partial charge >= 0.3 is 0 Å². The van der Waals surface area contributed by atoms with Gasteiger partial charge in [-0.3, -0.25) is 9.59 Å². The molecule has 0 bridgehead atoms. The second kappa shape index (κ2) is 9.85. The maximum atomic E-state index is 13.5. The van der Waals surface area contributed by atoms with Gasteiger partial charge in [0.2, 0.25) is 11.8 Å². The van der Waals surface area contributed by atoms with E-state index >= 15 is 0 Å². The third-order valence-corrected chi connectivity index (χ3v) is 8.56. The number of aryl methyl sites for hydroxylation is 1. The first-order chi connectivity index (χ1) is 15.7. The topological polar surface area (TPSA) is 74.8 Å². The van der Waals surface area contributed by atoms with Gasteiger partial charge in [0.15, 0.2) is 9.84 Å². The second-order valence-electron chi connectivity index (χ2n) is 9.13. The minimum Gasteiger partial charge on any atom is -0.342 e. The van der Waals surface area contributed by atoms with Crippen molar-refractivity contribution in [2.45, 2.75) is 38.8 Å². The largest absolute Gasteiger partial charge is 0.342 e. The number of hydrogen-bond acceptors (Lipinski definition) is 4. The van der Waals surface area contributed by atoms with Crippen LogP contribution < -0.4 is 0 Å². The maximum absolute atomic E-state index is 13.5. The third-order valence-electron chi connectivity index (χ3n) is 6.55. The zero-order valence-corrected chi connectivity index (χ0v) is 20.3. The molecule has 2 heterocycles. The molecule has 0 N–H and O–H groups in total. The van der Waals surface area contributed by atoms with Crippen LogP contribution in [-0.4, -0.2) is 60.7 Å². The molecule has 33 heavy (non-hydrogen) atoms. The number of likely N-dealkylation sites (tertiary alicyclic amines) is 1. The third kappa shape index (κ3) is 5.95. The molecule has 2 atom stereocenters. The van der Waals surface area contributed by atoms with Crippen molar-refractivity contribution in [2.24, 2.45) is 5.92 Å². The monoisotopic (exact) mass is 488 g/mol. The van der Waals surface area contributed by atoms with Crippen LogP contribution in [0.1, 0.15) is 29.5 Å². The molecule has 2 aromatic carbocycles. The number of rotatable bonds is 7. The Hall–Kier alpha value is -2.38. The highest BCUT2D eigenvalue weighted by Gasteiger charge is 2.41. The van der Waals surface area contributed by atoms with E-state index in [-0.39, 0.29) is 35.8 Å². The molecule has 176 valence electrons. The number of hydrogen-bond donors (Lipinski definition) is 0. The van der Waals surface area contributed by atoms with E-state index in [0.29, 0.717) is 31.1 Å². The quantitative estimate of drug-likeness (QED) is 0.599. The van der Waals surface area contributed by atoms with Crippen molar-refractivity contribution in [2.75, 3.05) is 24.6 Å². The van der Waals surface area contributed by atoms with Crippen LogP contribution >= 0.6 is 11.6 Å². The average Bonchev–Trinajstić information content (AvgIpc) is 3.34. The predicted molar refractivity (Wildman–Crippen MR) is 129 cm³/mol. The molecule has 4 rings (SSSR count). The zero-order valence-electron chi connectivity index (χ0n) is 18.7. The molecule has 0 spiro atoms. The van der Waals surface area contributed by atoms with E-state index < -0.39 is 15.8 Å². The molecule has 2 amide bonds. The first-order valence-corrected chi connectivity index (χ1v) is 13.5.